The standard InChI is InChI=1S/C11H22N2O2S/c1-2-9(12)7-16-8-11(14)13-10-3-5-15-6-4-10/h9-10H,2-8,12H2,1H3,(H,13,14). The van der Waals surface area contributed by atoms with Crippen LogP contribution in [0.1, 0.15) is 26.2 Å². The Morgan fingerprint density at radius 3 is 2.88 bits per heavy atom. The van der Waals surface area contributed by atoms with E-state index in [9.17, 15) is 4.79 Å². The van der Waals surface area contributed by atoms with Crippen molar-refractivity contribution < 1.29 is 9.53 Å². The molecule has 0 bridgehead atoms. The monoisotopic (exact) mass is 246 g/mol. The van der Waals surface area contributed by atoms with E-state index in [1.54, 1.807) is 11.8 Å². The van der Waals surface area contributed by atoms with Gasteiger partial charge in [0.2, 0.25) is 5.91 Å². The van der Waals surface area contributed by atoms with Crippen molar-refractivity contribution in [3.63, 3.8) is 0 Å². The molecule has 0 aliphatic carbocycles. The first-order valence-electron chi connectivity index (χ1n) is 5.92. The van der Waals surface area contributed by atoms with E-state index >= 15 is 0 Å². The minimum Gasteiger partial charge on any atom is -0.381 e. The van der Waals surface area contributed by atoms with Crippen LogP contribution in [0.3, 0.4) is 0 Å². The zero-order chi connectivity index (χ0) is 11.8. The summed E-state index contributed by atoms with van der Waals surface area (Å²) in [5, 5.41) is 3.03. The van der Waals surface area contributed by atoms with E-state index in [-0.39, 0.29) is 11.9 Å². The Kier molecular flexibility index (Phi) is 6.84. The van der Waals surface area contributed by atoms with Gasteiger partial charge in [-0.3, -0.25) is 4.79 Å². The van der Waals surface area contributed by atoms with E-state index in [1.807, 2.05) is 0 Å². The molecule has 0 aromatic carbocycles. The summed E-state index contributed by atoms with van der Waals surface area (Å²) in [4.78, 5) is 11.6. The van der Waals surface area contributed by atoms with Gasteiger partial charge in [-0.15, -0.1) is 0 Å². The fourth-order valence-corrected chi connectivity index (χ4v) is 2.46. The van der Waals surface area contributed by atoms with E-state index in [0.29, 0.717) is 11.8 Å². The van der Waals surface area contributed by atoms with Crippen LogP contribution in [0.5, 0.6) is 0 Å². The lowest BCUT2D eigenvalue weighted by Crippen LogP contribution is -2.40. The zero-order valence-electron chi connectivity index (χ0n) is 9.91. The van der Waals surface area contributed by atoms with Gasteiger partial charge in [-0.05, 0) is 19.3 Å². The largest absolute Gasteiger partial charge is 0.381 e. The molecule has 1 aliphatic rings. The van der Waals surface area contributed by atoms with Crippen LogP contribution < -0.4 is 11.1 Å². The fraction of sp³-hybridized carbons (Fsp3) is 0.909. The molecular weight excluding hydrogens is 224 g/mol. The van der Waals surface area contributed by atoms with Crippen molar-refractivity contribution in [3.8, 4) is 0 Å². The lowest BCUT2D eigenvalue weighted by atomic mass is 10.1. The van der Waals surface area contributed by atoms with Gasteiger partial charge >= 0.3 is 0 Å². The highest BCUT2D eigenvalue weighted by molar-refractivity contribution is 7.99. The van der Waals surface area contributed by atoms with Crippen LogP contribution in [0.15, 0.2) is 0 Å². The molecule has 1 heterocycles. The van der Waals surface area contributed by atoms with Gasteiger partial charge in [0.1, 0.15) is 0 Å². The van der Waals surface area contributed by atoms with Gasteiger partial charge in [0.05, 0.1) is 5.75 Å². The highest BCUT2D eigenvalue weighted by atomic mass is 32.2. The number of hydrogen-bond donors (Lipinski definition) is 2. The van der Waals surface area contributed by atoms with Crippen molar-refractivity contribution in [1.82, 2.24) is 5.32 Å². The van der Waals surface area contributed by atoms with Crippen molar-refractivity contribution in [1.29, 1.82) is 0 Å². The SMILES string of the molecule is CCC(N)CSCC(=O)NC1CCOCC1. The molecule has 0 spiro atoms. The Labute approximate surface area is 102 Å². The number of rotatable bonds is 6. The highest BCUT2D eigenvalue weighted by Crippen LogP contribution is 2.08. The van der Waals surface area contributed by atoms with E-state index < -0.39 is 0 Å². The van der Waals surface area contributed by atoms with E-state index in [0.717, 1.165) is 38.2 Å². The summed E-state index contributed by atoms with van der Waals surface area (Å²) < 4.78 is 5.24. The Balaban J connectivity index is 2.05. The molecule has 3 N–H and O–H groups in total. The Hall–Kier alpha value is -0.260. The molecule has 4 nitrogen and oxygen atoms in total. The molecule has 5 heteroatoms. The van der Waals surface area contributed by atoms with Crippen molar-refractivity contribution in [2.45, 2.75) is 38.3 Å². The summed E-state index contributed by atoms with van der Waals surface area (Å²) in [6, 6.07) is 0.516. The summed E-state index contributed by atoms with van der Waals surface area (Å²) in [5.74, 6) is 1.50. The number of nitrogens with two attached hydrogens (primary N) is 1. The lowest BCUT2D eigenvalue weighted by molar-refractivity contribution is -0.119. The predicted octanol–water partition coefficient (Wildman–Crippen LogP) is 0.752. The van der Waals surface area contributed by atoms with Crippen molar-refractivity contribution >= 4 is 17.7 Å². The second-order valence-electron chi connectivity index (χ2n) is 4.14. The summed E-state index contributed by atoms with van der Waals surface area (Å²) in [7, 11) is 0. The summed E-state index contributed by atoms with van der Waals surface area (Å²) in [5.41, 5.74) is 5.77. The molecule has 1 saturated heterocycles. The van der Waals surface area contributed by atoms with E-state index in [1.165, 1.54) is 0 Å². The zero-order valence-corrected chi connectivity index (χ0v) is 10.7. The van der Waals surface area contributed by atoms with Crippen molar-refractivity contribution in [2.75, 3.05) is 24.7 Å². The lowest BCUT2D eigenvalue weighted by Gasteiger charge is -2.23. The number of nitrogens with one attached hydrogen (secondary N) is 1. The Morgan fingerprint density at radius 1 is 1.56 bits per heavy atom. The van der Waals surface area contributed by atoms with Gasteiger partial charge in [-0.25, -0.2) is 0 Å². The first-order chi connectivity index (χ1) is 7.72. The molecule has 0 radical (unpaired) electrons. The average molecular weight is 246 g/mol. The van der Waals surface area contributed by atoms with Gasteiger partial charge in [0, 0.05) is 31.1 Å². The number of hydrogen-bond acceptors (Lipinski definition) is 4. The maximum absolute atomic E-state index is 11.6. The number of carbonyl (C=O) groups excluding carboxylic acids is 1. The van der Waals surface area contributed by atoms with Crippen LogP contribution in [0.2, 0.25) is 0 Å². The Bertz CT molecular complexity index is 208. The van der Waals surface area contributed by atoms with Crippen LogP contribution >= 0.6 is 11.8 Å². The average Bonchev–Trinajstić information content (AvgIpc) is 2.30. The molecule has 0 aromatic heterocycles. The van der Waals surface area contributed by atoms with Gasteiger partial charge in [0.15, 0.2) is 0 Å². The third-order valence-electron chi connectivity index (χ3n) is 2.68. The second kappa shape index (κ2) is 7.92. The molecule has 1 fully saturated rings. The van der Waals surface area contributed by atoms with Gasteiger partial charge in [-0.2, -0.15) is 11.8 Å². The minimum absolute atomic E-state index is 0.125. The molecule has 16 heavy (non-hydrogen) atoms. The Morgan fingerprint density at radius 2 is 2.25 bits per heavy atom. The van der Waals surface area contributed by atoms with Gasteiger partial charge in [0.25, 0.3) is 0 Å². The van der Waals surface area contributed by atoms with Gasteiger partial charge in [-0.1, -0.05) is 6.92 Å². The quantitative estimate of drug-likeness (QED) is 0.726. The molecule has 1 unspecified atom stereocenters. The summed E-state index contributed by atoms with van der Waals surface area (Å²) in [6.07, 6.45) is 2.84. The molecule has 94 valence electrons. The molecule has 1 atom stereocenters. The number of thioether (sulfide) groups is 1. The predicted molar refractivity (Wildman–Crippen MR) is 67.6 cm³/mol. The maximum Gasteiger partial charge on any atom is 0.230 e. The molecule has 1 rings (SSSR count). The van der Waals surface area contributed by atoms with Crippen LogP contribution in [0, 0.1) is 0 Å². The topological polar surface area (TPSA) is 64.4 Å². The summed E-state index contributed by atoms with van der Waals surface area (Å²) in [6.45, 7) is 3.59. The third kappa shape index (κ3) is 5.72. The van der Waals surface area contributed by atoms with Crippen LogP contribution in [-0.4, -0.2) is 42.7 Å². The molecule has 1 amide bonds. The van der Waals surface area contributed by atoms with Crippen LogP contribution in [-0.2, 0) is 9.53 Å². The third-order valence-corrected chi connectivity index (χ3v) is 3.81. The van der Waals surface area contributed by atoms with Gasteiger partial charge < -0.3 is 15.8 Å². The van der Waals surface area contributed by atoms with Crippen LogP contribution in [0.4, 0.5) is 0 Å². The number of ether oxygens (including phenoxy) is 1. The number of carbonyl (C=O) groups is 1. The first-order valence-corrected chi connectivity index (χ1v) is 7.08. The molecule has 0 aromatic rings. The van der Waals surface area contributed by atoms with Crippen molar-refractivity contribution in [2.24, 2.45) is 5.73 Å². The fourth-order valence-electron chi connectivity index (χ4n) is 1.53. The first kappa shape index (κ1) is 13.8. The maximum atomic E-state index is 11.6. The molecule has 0 saturated carbocycles. The van der Waals surface area contributed by atoms with Crippen LogP contribution in [0.25, 0.3) is 0 Å². The molecular formula is C11H22N2O2S. The smallest absolute Gasteiger partial charge is 0.230 e. The van der Waals surface area contributed by atoms with E-state index in [4.69, 9.17) is 10.5 Å². The van der Waals surface area contributed by atoms with Crippen molar-refractivity contribution in [3.05, 3.63) is 0 Å². The van der Waals surface area contributed by atoms with E-state index in [2.05, 4.69) is 12.2 Å². The number of amides is 1. The second-order valence-corrected chi connectivity index (χ2v) is 5.17. The molecule has 1 aliphatic heterocycles. The summed E-state index contributed by atoms with van der Waals surface area (Å²) >= 11 is 1.61. The highest BCUT2D eigenvalue weighted by Gasteiger charge is 2.15. The minimum atomic E-state index is 0.125. The normalized spacial score (nSPS) is 19.4.